The Kier molecular flexibility index (Phi) is 5.65. The number of hydrogen-bond donors (Lipinski definition) is 0. The Morgan fingerprint density at radius 3 is 1.88 bits per heavy atom. The predicted octanol–water partition coefficient (Wildman–Crippen LogP) is 13.8. The molecule has 0 amide bonds. The first-order valence-corrected chi connectivity index (χ1v) is 18.5. The summed E-state index contributed by atoms with van der Waals surface area (Å²) in [4.78, 5) is 0. The molecule has 4 aromatic heterocycles. The molecule has 0 fully saturated rings. The zero-order valence-corrected chi connectivity index (χ0v) is 28.7. The highest BCUT2D eigenvalue weighted by molar-refractivity contribution is 7.25. The molecule has 12 aromatic rings. The van der Waals surface area contributed by atoms with Gasteiger partial charge in [-0.2, -0.15) is 0 Å². The number of rotatable bonds is 3. The molecule has 0 saturated carbocycles. The Balaban J connectivity index is 1.22. The lowest BCUT2D eigenvalue weighted by Crippen LogP contribution is -1.99. The first kappa shape index (κ1) is 28.1. The largest absolute Gasteiger partial charge is 0.455 e. The van der Waals surface area contributed by atoms with Gasteiger partial charge < -0.3 is 13.6 Å². The van der Waals surface area contributed by atoms with Crippen molar-refractivity contribution < 1.29 is 4.42 Å². The van der Waals surface area contributed by atoms with Crippen LogP contribution in [0.4, 0.5) is 0 Å². The van der Waals surface area contributed by atoms with Gasteiger partial charge in [0.25, 0.3) is 0 Å². The molecule has 4 heteroatoms. The first-order valence-electron chi connectivity index (χ1n) is 17.7. The molecule has 0 bridgehead atoms. The van der Waals surface area contributed by atoms with E-state index in [9.17, 15) is 0 Å². The van der Waals surface area contributed by atoms with Gasteiger partial charge in [-0.3, -0.25) is 0 Å². The Bertz CT molecular complexity index is 3410. The molecule has 12 rings (SSSR count). The minimum atomic E-state index is 0.917. The standard InChI is InChI=1S/C48H28N2OS/c1-2-12-30(13-3-1)49-39-19-7-4-14-32(39)35-25-26-36-33-15-5-8-20-40(33)50(47(36)46(35)49)41-21-11-23-44-45(41)38-28-29(24-27-43(38)52-44)31-17-10-18-37-34-16-6-9-22-42(34)51-48(31)37/h1-28H. The fourth-order valence-corrected chi connectivity index (χ4v) is 9.84. The van der Waals surface area contributed by atoms with E-state index >= 15 is 0 Å². The lowest BCUT2D eigenvalue weighted by atomic mass is 10.00. The number of benzene rings is 8. The highest BCUT2D eigenvalue weighted by atomic mass is 32.1. The molecule has 0 spiro atoms. The fraction of sp³-hybridized carbons (Fsp3) is 0. The van der Waals surface area contributed by atoms with E-state index in [4.69, 9.17) is 4.42 Å². The van der Waals surface area contributed by atoms with Gasteiger partial charge >= 0.3 is 0 Å². The van der Waals surface area contributed by atoms with E-state index in [2.05, 4.69) is 173 Å². The van der Waals surface area contributed by atoms with Crippen LogP contribution in [-0.2, 0) is 0 Å². The number of para-hydroxylation sites is 5. The Morgan fingerprint density at radius 2 is 1.08 bits per heavy atom. The van der Waals surface area contributed by atoms with E-state index in [1.165, 1.54) is 69.5 Å². The molecule has 0 radical (unpaired) electrons. The summed E-state index contributed by atoms with van der Waals surface area (Å²) >= 11 is 1.86. The molecule has 242 valence electrons. The third kappa shape index (κ3) is 3.74. The molecular weight excluding hydrogens is 653 g/mol. The van der Waals surface area contributed by atoms with Crippen molar-refractivity contribution in [1.29, 1.82) is 0 Å². The second kappa shape index (κ2) is 10.5. The molecule has 3 nitrogen and oxygen atoms in total. The molecule has 0 N–H and O–H groups in total. The van der Waals surface area contributed by atoms with Crippen LogP contribution >= 0.6 is 11.3 Å². The molecule has 52 heavy (non-hydrogen) atoms. The van der Waals surface area contributed by atoms with Gasteiger partial charge in [0.1, 0.15) is 11.2 Å². The van der Waals surface area contributed by atoms with E-state index < -0.39 is 0 Å². The summed E-state index contributed by atoms with van der Waals surface area (Å²) in [6.07, 6.45) is 0. The van der Waals surface area contributed by atoms with Crippen molar-refractivity contribution in [3.05, 3.63) is 170 Å². The van der Waals surface area contributed by atoms with Crippen LogP contribution in [0.1, 0.15) is 0 Å². The molecule has 0 saturated heterocycles. The van der Waals surface area contributed by atoms with Gasteiger partial charge in [0, 0.05) is 63.7 Å². The van der Waals surface area contributed by atoms with Crippen molar-refractivity contribution in [2.24, 2.45) is 0 Å². The highest BCUT2D eigenvalue weighted by Crippen LogP contribution is 2.46. The average Bonchev–Trinajstić information content (AvgIpc) is 3.95. The molecule has 8 aromatic carbocycles. The van der Waals surface area contributed by atoms with Crippen LogP contribution in [0, 0.1) is 0 Å². The number of hydrogen-bond acceptors (Lipinski definition) is 2. The quantitative estimate of drug-likeness (QED) is 0.182. The van der Waals surface area contributed by atoms with Gasteiger partial charge in [-0.1, -0.05) is 115 Å². The number of thiophene rings is 1. The summed E-state index contributed by atoms with van der Waals surface area (Å²) in [5.41, 5.74) is 11.3. The number of fused-ring (bicyclic) bond motifs is 13. The second-order valence-electron chi connectivity index (χ2n) is 13.6. The Morgan fingerprint density at radius 1 is 0.423 bits per heavy atom. The normalized spacial score (nSPS) is 12.2. The number of nitrogens with zero attached hydrogens (tertiary/aromatic N) is 2. The van der Waals surface area contributed by atoms with Crippen LogP contribution in [-0.4, -0.2) is 9.13 Å². The lowest BCUT2D eigenvalue weighted by Gasteiger charge is -2.14. The van der Waals surface area contributed by atoms with Gasteiger partial charge in [-0.15, -0.1) is 11.3 Å². The Hall–Kier alpha value is -6.62. The molecule has 0 aliphatic heterocycles. The van der Waals surface area contributed by atoms with Crippen molar-refractivity contribution in [2.45, 2.75) is 0 Å². The third-order valence-electron chi connectivity index (χ3n) is 10.9. The lowest BCUT2D eigenvalue weighted by molar-refractivity contribution is 0.670. The van der Waals surface area contributed by atoms with E-state index in [1.54, 1.807) is 0 Å². The summed E-state index contributed by atoms with van der Waals surface area (Å²) in [5.74, 6) is 0. The molecule has 0 atom stereocenters. The van der Waals surface area contributed by atoms with E-state index in [1.807, 2.05) is 17.4 Å². The number of aromatic nitrogens is 2. The van der Waals surface area contributed by atoms with Gasteiger partial charge in [0.05, 0.1) is 27.8 Å². The maximum Gasteiger partial charge on any atom is 0.143 e. The van der Waals surface area contributed by atoms with Crippen LogP contribution in [0.15, 0.2) is 174 Å². The van der Waals surface area contributed by atoms with E-state index in [-0.39, 0.29) is 0 Å². The zero-order chi connectivity index (χ0) is 33.9. The minimum absolute atomic E-state index is 0.917. The summed E-state index contributed by atoms with van der Waals surface area (Å²) < 4.78 is 14.0. The second-order valence-corrected chi connectivity index (χ2v) is 14.7. The average molecular weight is 681 g/mol. The van der Waals surface area contributed by atoms with E-state index in [0.717, 1.165) is 38.8 Å². The molecule has 0 aliphatic carbocycles. The first-order chi connectivity index (χ1) is 25.8. The van der Waals surface area contributed by atoms with Crippen LogP contribution in [0.25, 0.3) is 108 Å². The molecule has 0 unspecified atom stereocenters. The van der Waals surface area contributed by atoms with Gasteiger partial charge in [0.15, 0.2) is 0 Å². The maximum absolute atomic E-state index is 6.51. The van der Waals surface area contributed by atoms with Crippen molar-refractivity contribution in [3.8, 4) is 22.5 Å². The summed E-state index contributed by atoms with van der Waals surface area (Å²) in [6.45, 7) is 0. The van der Waals surface area contributed by atoms with Crippen molar-refractivity contribution in [3.63, 3.8) is 0 Å². The van der Waals surface area contributed by atoms with Crippen molar-refractivity contribution >= 4 is 97.1 Å². The van der Waals surface area contributed by atoms with Gasteiger partial charge in [0.2, 0.25) is 0 Å². The van der Waals surface area contributed by atoms with Gasteiger partial charge in [-0.05, 0) is 60.2 Å². The summed E-state index contributed by atoms with van der Waals surface area (Å²) in [6, 6.07) is 61.7. The third-order valence-corrected chi connectivity index (χ3v) is 12.0. The molecule has 4 heterocycles. The maximum atomic E-state index is 6.51. The molecular formula is C48H28N2OS. The monoisotopic (exact) mass is 680 g/mol. The van der Waals surface area contributed by atoms with Crippen LogP contribution < -0.4 is 0 Å². The zero-order valence-electron chi connectivity index (χ0n) is 27.9. The van der Waals surface area contributed by atoms with Crippen molar-refractivity contribution in [2.75, 3.05) is 0 Å². The number of furan rings is 1. The summed E-state index contributed by atoms with van der Waals surface area (Å²) in [7, 11) is 0. The Labute approximate surface area is 301 Å². The predicted molar refractivity (Wildman–Crippen MR) is 221 cm³/mol. The minimum Gasteiger partial charge on any atom is -0.455 e. The van der Waals surface area contributed by atoms with Crippen LogP contribution in [0.5, 0.6) is 0 Å². The SMILES string of the molecule is c1ccc(-n2c3ccccc3c3ccc4c5ccccc5n(-c5cccc6sc7ccc(-c8cccc9c8oc8ccccc89)cc7c56)c4c32)cc1. The smallest absolute Gasteiger partial charge is 0.143 e. The van der Waals surface area contributed by atoms with Gasteiger partial charge in [-0.25, -0.2) is 0 Å². The van der Waals surface area contributed by atoms with E-state index in [0.29, 0.717) is 0 Å². The molecule has 0 aliphatic rings. The highest BCUT2D eigenvalue weighted by Gasteiger charge is 2.23. The summed E-state index contributed by atoms with van der Waals surface area (Å²) in [5, 5.41) is 9.81. The fourth-order valence-electron chi connectivity index (χ4n) is 8.73. The van der Waals surface area contributed by atoms with Crippen LogP contribution in [0.2, 0.25) is 0 Å². The van der Waals surface area contributed by atoms with Crippen molar-refractivity contribution in [1.82, 2.24) is 9.13 Å². The van der Waals surface area contributed by atoms with Crippen LogP contribution in [0.3, 0.4) is 0 Å². The topological polar surface area (TPSA) is 23.0 Å².